The molecule has 0 saturated heterocycles. The van der Waals surface area contributed by atoms with Crippen LogP contribution < -0.4 is 11.1 Å². The van der Waals surface area contributed by atoms with E-state index < -0.39 is 0 Å². The summed E-state index contributed by atoms with van der Waals surface area (Å²) in [6.07, 6.45) is 4.86. The van der Waals surface area contributed by atoms with Crippen LogP contribution in [0, 0.1) is 0 Å². The molecule has 0 amide bonds. The first-order valence-electron chi connectivity index (χ1n) is 4.66. The quantitative estimate of drug-likeness (QED) is 0.847. The summed E-state index contributed by atoms with van der Waals surface area (Å²) in [6.45, 7) is 0.587. The van der Waals surface area contributed by atoms with Crippen LogP contribution in [-0.2, 0) is 6.54 Å². The Bertz CT molecular complexity index is 474. The van der Waals surface area contributed by atoms with E-state index in [9.17, 15) is 0 Å². The Hall–Kier alpha value is -1.88. The molecule has 0 radical (unpaired) electrons. The fourth-order valence-corrected chi connectivity index (χ4v) is 1.36. The lowest BCUT2D eigenvalue weighted by Gasteiger charge is -2.07. The Labute approximate surface area is 97.7 Å². The molecule has 5 nitrogen and oxygen atoms in total. The maximum absolute atomic E-state index is 5.93. The number of pyridine rings is 1. The van der Waals surface area contributed by atoms with Crippen LogP contribution in [0.1, 0.15) is 5.56 Å². The van der Waals surface area contributed by atoms with Gasteiger partial charge in [-0.3, -0.25) is 4.98 Å². The van der Waals surface area contributed by atoms with Crippen LogP contribution in [0.5, 0.6) is 0 Å². The van der Waals surface area contributed by atoms with Gasteiger partial charge in [0.05, 0.1) is 0 Å². The Balaban J connectivity index is 2.08. The van der Waals surface area contributed by atoms with Crippen LogP contribution in [-0.4, -0.2) is 15.0 Å². The van der Waals surface area contributed by atoms with Gasteiger partial charge >= 0.3 is 0 Å². The van der Waals surface area contributed by atoms with Crippen LogP contribution in [0.3, 0.4) is 0 Å². The predicted octanol–water partition coefficient (Wildman–Crippen LogP) is 1.72. The number of rotatable bonds is 3. The number of anilines is 2. The Morgan fingerprint density at radius 3 is 3.00 bits per heavy atom. The fraction of sp³-hybridized carbons (Fsp3) is 0.100. The minimum Gasteiger partial charge on any atom is -0.382 e. The number of hydrogen-bond acceptors (Lipinski definition) is 5. The number of nitrogens with two attached hydrogens (primary N) is 1. The second-order valence-electron chi connectivity index (χ2n) is 3.14. The van der Waals surface area contributed by atoms with Gasteiger partial charge in [-0.05, 0) is 11.6 Å². The van der Waals surface area contributed by atoms with Crippen LogP contribution in [0.25, 0.3) is 0 Å². The lowest BCUT2D eigenvalue weighted by molar-refractivity contribution is 1.07. The number of nitrogens with zero attached hydrogens (tertiary/aromatic N) is 3. The molecule has 0 aliphatic rings. The molecule has 0 aliphatic heterocycles. The van der Waals surface area contributed by atoms with Crippen molar-refractivity contribution in [1.82, 2.24) is 15.0 Å². The average Bonchev–Trinajstić information content (AvgIpc) is 2.32. The van der Waals surface area contributed by atoms with E-state index in [1.165, 1.54) is 6.33 Å². The summed E-state index contributed by atoms with van der Waals surface area (Å²) in [7, 11) is 0. The number of hydrogen-bond donors (Lipinski definition) is 2. The molecule has 2 heterocycles. The van der Waals surface area contributed by atoms with Crippen LogP contribution in [0.15, 0.2) is 30.9 Å². The van der Waals surface area contributed by atoms with Gasteiger partial charge in [-0.1, -0.05) is 17.7 Å². The zero-order valence-electron chi connectivity index (χ0n) is 8.39. The van der Waals surface area contributed by atoms with E-state index in [0.717, 1.165) is 5.56 Å². The third kappa shape index (κ3) is 2.38. The van der Waals surface area contributed by atoms with Gasteiger partial charge in [-0.25, -0.2) is 9.97 Å². The van der Waals surface area contributed by atoms with Crippen LogP contribution in [0.4, 0.5) is 11.6 Å². The predicted molar refractivity (Wildman–Crippen MR) is 63.0 cm³/mol. The molecule has 2 aromatic heterocycles. The Kier molecular flexibility index (Phi) is 3.16. The van der Waals surface area contributed by atoms with E-state index in [0.29, 0.717) is 17.4 Å². The minimum atomic E-state index is 0.269. The van der Waals surface area contributed by atoms with Crippen LogP contribution >= 0.6 is 11.6 Å². The summed E-state index contributed by atoms with van der Waals surface area (Å²) in [4.78, 5) is 11.8. The van der Waals surface area contributed by atoms with Crippen molar-refractivity contribution < 1.29 is 0 Å². The average molecular weight is 236 g/mol. The Morgan fingerprint density at radius 1 is 1.38 bits per heavy atom. The van der Waals surface area contributed by atoms with Crippen molar-refractivity contribution in [3.8, 4) is 0 Å². The van der Waals surface area contributed by atoms with Crippen molar-refractivity contribution in [3.63, 3.8) is 0 Å². The highest BCUT2D eigenvalue weighted by Crippen LogP contribution is 2.23. The van der Waals surface area contributed by atoms with Gasteiger partial charge in [-0.2, -0.15) is 0 Å². The van der Waals surface area contributed by atoms with Crippen molar-refractivity contribution in [2.45, 2.75) is 6.54 Å². The second kappa shape index (κ2) is 4.76. The number of nitrogen functional groups attached to an aromatic ring is 1. The molecule has 0 unspecified atom stereocenters. The zero-order chi connectivity index (χ0) is 11.4. The molecule has 0 bridgehead atoms. The SMILES string of the molecule is Nc1ncnc(NCc2cccnc2)c1Cl. The van der Waals surface area contributed by atoms with Gasteiger partial charge in [0.1, 0.15) is 17.2 Å². The third-order valence-electron chi connectivity index (χ3n) is 2.00. The van der Waals surface area contributed by atoms with Gasteiger partial charge in [0, 0.05) is 18.9 Å². The van der Waals surface area contributed by atoms with Gasteiger partial charge in [0.15, 0.2) is 5.82 Å². The smallest absolute Gasteiger partial charge is 0.150 e. The Morgan fingerprint density at radius 2 is 2.25 bits per heavy atom. The van der Waals surface area contributed by atoms with Gasteiger partial charge in [-0.15, -0.1) is 0 Å². The van der Waals surface area contributed by atoms with E-state index in [1.807, 2.05) is 12.1 Å². The molecule has 0 atom stereocenters. The largest absolute Gasteiger partial charge is 0.382 e. The maximum atomic E-state index is 5.93. The third-order valence-corrected chi connectivity index (χ3v) is 2.37. The van der Waals surface area contributed by atoms with E-state index in [4.69, 9.17) is 17.3 Å². The second-order valence-corrected chi connectivity index (χ2v) is 3.51. The number of halogens is 1. The maximum Gasteiger partial charge on any atom is 0.150 e. The fourth-order valence-electron chi connectivity index (χ4n) is 1.20. The highest BCUT2D eigenvalue weighted by Gasteiger charge is 2.05. The minimum absolute atomic E-state index is 0.269. The molecule has 16 heavy (non-hydrogen) atoms. The molecule has 0 fully saturated rings. The number of nitrogens with one attached hydrogen (secondary N) is 1. The van der Waals surface area contributed by atoms with Gasteiger partial charge < -0.3 is 11.1 Å². The molecule has 0 saturated carbocycles. The molecule has 0 aliphatic carbocycles. The van der Waals surface area contributed by atoms with E-state index >= 15 is 0 Å². The first kappa shape index (κ1) is 10.6. The summed E-state index contributed by atoms with van der Waals surface area (Å²) in [6, 6.07) is 3.82. The summed E-state index contributed by atoms with van der Waals surface area (Å²) in [5.74, 6) is 0.795. The molecule has 82 valence electrons. The standard InChI is InChI=1S/C10H10ClN5/c11-8-9(12)15-6-16-10(8)14-5-7-2-1-3-13-4-7/h1-4,6H,5H2,(H3,12,14,15,16). The monoisotopic (exact) mass is 235 g/mol. The summed E-state index contributed by atoms with van der Waals surface area (Å²) >= 11 is 5.93. The normalized spacial score (nSPS) is 10.1. The molecule has 0 spiro atoms. The van der Waals surface area contributed by atoms with E-state index in [2.05, 4.69) is 20.3 Å². The molecular weight excluding hydrogens is 226 g/mol. The topological polar surface area (TPSA) is 76.7 Å². The lowest BCUT2D eigenvalue weighted by Crippen LogP contribution is -2.04. The van der Waals surface area contributed by atoms with E-state index in [-0.39, 0.29) is 5.82 Å². The zero-order valence-corrected chi connectivity index (χ0v) is 9.15. The summed E-state index contributed by atoms with van der Waals surface area (Å²) in [5.41, 5.74) is 6.59. The summed E-state index contributed by atoms with van der Waals surface area (Å²) in [5, 5.41) is 3.41. The van der Waals surface area contributed by atoms with Crippen LogP contribution in [0.2, 0.25) is 5.02 Å². The summed E-state index contributed by atoms with van der Waals surface area (Å²) < 4.78 is 0. The van der Waals surface area contributed by atoms with Crippen molar-refractivity contribution in [1.29, 1.82) is 0 Å². The number of aromatic nitrogens is 3. The molecule has 2 aromatic rings. The van der Waals surface area contributed by atoms with Crippen molar-refractivity contribution in [2.75, 3.05) is 11.1 Å². The molecule has 3 N–H and O–H groups in total. The highest BCUT2D eigenvalue weighted by atomic mass is 35.5. The van der Waals surface area contributed by atoms with Crippen molar-refractivity contribution in [3.05, 3.63) is 41.4 Å². The molecule has 2 rings (SSSR count). The molecule has 0 aromatic carbocycles. The highest BCUT2D eigenvalue weighted by molar-refractivity contribution is 6.35. The van der Waals surface area contributed by atoms with E-state index in [1.54, 1.807) is 12.4 Å². The van der Waals surface area contributed by atoms with Gasteiger partial charge in [0.25, 0.3) is 0 Å². The lowest BCUT2D eigenvalue weighted by atomic mass is 10.3. The van der Waals surface area contributed by atoms with Crippen molar-refractivity contribution >= 4 is 23.2 Å². The first-order chi connectivity index (χ1) is 7.77. The van der Waals surface area contributed by atoms with Gasteiger partial charge in [0.2, 0.25) is 0 Å². The van der Waals surface area contributed by atoms with Crippen molar-refractivity contribution in [2.24, 2.45) is 0 Å². The molecule has 6 heteroatoms. The molecular formula is C10H10ClN5. The first-order valence-corrected chi connectivity index (χ1v) is 5.04.